The molecule has 162 valence electrons. The van der Waals surface area contributed by atoms with E-state index in [9.17, 15) is 4.79 Å². The van der Waals surface area contributed by atoms with Gasteiger partial charge in [-0.3, -0.25) is 0 Å². The molecule has 7 nitrogen and oxygen atoms in total. The smallest absolute Gasteiger partial charge is 0.338 e. The van der Waals surface area contributed by atoms with E-state index < -0.39 is 6.04 Å². The molecule has 0 fully saturated rings. The quantitative estimate of drug-likeness (QED) is 0.458. The van der Waals surface area contributed by atoms with E-state index in [1.54, 1.807) is 23.4 Å². The second-order valence-corrected chi connectivity index (χ2v) is 8.71. The van der Waals surface area contributed by atoms with Gasteiger partial charge in [0.2, 0.25) is 11.1 Å². The molecule has 8 heteroatoms. The summed E-state index contributed by atoms with van der Waals surface area (Å²) >= 11 is 1.56. The lowest BCUT2D eigenvalue weighted by atomic mass is 9.96. The number of fused-ring (bicyclic) bond motifs is 1. The summed E-state index contributed by atoms with van der Waals surface area (Å²) < 4.78 is 13.0. The number of allylic oxidation sites excluding steroid dienone is 1. The number of hydrogen-bond acceptors (Lipinski definition) is 7. The number of aromatic nitrogens is 3. The molecule has 1 atom stereocenters. The van der Waals surface area contributed by atoms with E-state index in [-0.39, 0.29) is 5.97 Å². The summed E-state index contributed by atoms with van der Waals surface area (Å²) in [6.45, 7) is 11.1. The van der Waals surface area contributed by atoms with Crippen LogP contribution in [0.3, 0.4) is 0 Å². The fraction of sp³-hybridized carbons (Fsp3) is 0.500. The van der Waals surface area contributed by atoms with E-state index in [0.29, 0.717) is 35.8 Å². The fourth-order valence-electron chi connectivity index (χ4n) is 3.26. The third-order valence-electron chi connectivity index (χ3n) is 4.76. The van der Waals surface area contributed by atoms with Gasteiger partial charge in [-0.05, 0) is 49.6 Å². The van der Waals surface area contributed by atoms with Gasteiger partial charge < -0.3 is 14.8 Å². The predicted molar refractivity (Wildman–Crippen MR) is 119 cm³/mol. The fourth-order valence-corrected chi connectivity index (χ4v) is 3.82. The van der Waals surface area contributed by atoms with Crippen LogP contribution < -0.4 is 10.1 Å². The highest BCUT2D eigenvalue weighted by atomic mass is 32.2. The maximum absolute atomic E-state index is 12.8. The normalized spacial score (nSPS) is 15.7. The van der Waals surface area contributed by atoms with Crippen molar-refractivity contribution in [2.24, 2.45) is 5.92 Å². The SMILES string of the molecule is CCOC(=O)C1=C(C)Nc2nc(SCC)nn2C1c1ccc(OCCC(C)C)cc1. The summed E-state index contributed by atoms with van der Waals surface area (Å²) in [7, 11) is 0. The van der Waals surface area contributed by atoms with Crippen LogP contribution in [0.4, 0.5) is 5.95 Å². The summed E-state index contributed by atoms with van der Waals surface area (Å²) in [4.78, 5) is 17.4. The van der Waals surface area contributed by atoms with E-state index >= 15 is 0 Å². The first-order valence-corrected chi connectivity index (χ1v) is 11.4. The molecule has 0 spiro atoms. The molecular formula is C22H30N4O3S. The summed E-state index contributed by atoms with van der Waals surface area (Å²) in [6.07, 6.45) is 1.01. The lowest BCUT2D eigenvalue weighted by molar-refractivity contribution is -0.139. The molecular weight excluding hydrogens is 400 g/mol. The Labute approximate surface area is 182 Å². The van der Waals surface area contributed by atoms with Gasteiger partial charge in [0, 0.05) is 5.70 Å². The van der Waals surface area contributed by atoms with Crippen molar-refractivity contribution in [2.75, 3.05) is 24.3 Å². The number of rotatable bonds is 9. The second kappa shape index (κ2) is 10.0. The first-order chi connectivity index (χ1) is 14.4. The van der Waals surface area contributed by atoms with Crippen LogP contribution in [-0.2, 0) is 9.53 Å². The number of ether oxygens (including phenoxy) is 2. The van der Waals surface area contributed by atoms with Crippen LogP contribution in [0.2, 0.25) is 0 Å². The van der Waals surface area contributed by atoms with Crippen LogP contribution in [0, 0.1) is 5.92 Å². The van der Waals surface area contributed by atoms with Gasteiger partial charge in [0.05, 0.1) is 18.8 Å². The number of benzene rings is 1. The Bertz CT molecular complexity index is 906. The topological polar surface area (TPSA) is 78.3 Å². The first kappa shape index (κ1) is 22.2. The highest BCUT2D eigenvalue weighted by Gasteiger charge is 2.35. The zero-order chi connectivity index (χ0) is 21.7. The van der Waals surface area contributed by atoms with E-state index in [2.05, 4.69) is 36.2 Å². The Hall–Kier alpha value is -2.48. The molecule has 1 unspecified atom stereocenters. The van der Waals surface area contributed by atoms with E-state index in [1.807, 2.05) is 31.2 Å². The molecule has 0 amide bonds. The average molecular weight is 431 g/mol. The Morgan fingerprint density at radius 3 is 2.63 bits per heavy atom. The standard InChI is InChI=1S/C22H30N4O3S/c1-6-28-20(27)18-15(5)23-21-24-22(30-7-2)25-26(21)19(18)16-8-10-17(11-9-16)29-13-12-14(3)4/h8-11,14,19H,6-7,12-13H2,1-5H3,(H,23,24,25). The number of carbonyl (C=O) groups excluding carboxylic acids is 1. The van der Waals surface area contributed by atoms with Crippen molar-refractivity contribution in [3.63, 3.8) is 0 Å². The molecule has 0 bridgehead atoms. The molecule has 1 aliphatic heterocycles. The monoisotopic (exact) mass is 430 g/mol. The maximum Gasteiger partial charge on any atom is 0.338 e. The third kappa shape index (κ3) is 4.98. The van der Waals surface area contributed by atoms with Gasteiger partial charge in [0.25, 0.3) is 0 Å². The Morgan fingerprint density at radius 2 is 2.00 bits per heavy atom. The highest BCUT2D eigenvalue weighted by Crippen LogP contribution is 2.37. The van der Waals surface area contributed by atoms with Crippen LogP contribution in [0.5, 0.6) is 5.75 Å². The molecule has 2 aromatic rings. The molecule has 0 radical (unpaired) electrons. The molecule has 0 saturated carbocycles. The molecule has 2 heterocycles. The van der Waals surface area contributed by atoms with Crippen LogP contribution >= 0.6 is 11.8 Å². The predicted octanol–water partition coefficient (Wildman–Crippen LogP) is 4.67. The van der Waals surface area contributed by atoms with Gasteiger partial charge in [-0.25, -0.2) is 9.48 Å². The van der Waals surface area contributed by atoms with Gasteiger partial charge in [-0.1, -0.05) is 44.7 Å². The van der Waals surface area contributed by atoms with Crippen LogP contribution in [0.25, 0.3) is 0 Å². The lowest BCUT2D eigenvalue weighted by Crippen LogP contribution is -2.29. The largest absolute Gasteiger partial charge is 0.494 e. The molecule has 1 N–H and O–H groups in total. The number of nitrogens with one attached hydrogen (secondary N) is 1. The summed E-state index contributed by atoms with van der Waals surface area (Å²) in [5.74, 6) is 2.55. The number of esters is 1. The van der Waals surface area contributed by atoms with Crippen molar-refractivity contribution in [3.8, 4) is 5.75 Å². The van der Waals surface area contributed by atoms with Crippen molar-refractivity contribution in [3.05, 3.63) is 41.1 Å². The number of anilines is 1. The Kier molecular flexibility index (Phi) is 7.42. The molecule has 0 aliphatic carbocycles. The summed E-state index contributed by atoms with van der Waals surface area (Å²) in [5, 5.41) is 8.53. The van der Waals surface area contributed by atoms with Gasteiger partial charge in [-0.15, -0.1) is 5.10 Å². The van der Waals surface area contributed by atoms with Crippen molar-refractivity contribution in [1.29, 1.82) is 0 Å². The Balaban J connectivity index is 1.94. The van der Waals surface area contributed by atoms with Crippen molar-refractivity contribution in [1.82, 2.24) is 14.8 Å². The molecule has 1 aromatic carbocycles. The average Bonchev–Trinajstić information content (AvgIpc) is 3.09. The zero-order valence-electron chi connectivity index (χ0n) is 18.3. The summed E-state index contributed by atoms with van der Waals surface area (Å²) in [6, 6.07) is 7.42. The highest BCUT2D eigenvalue weighted by molar-refractivity contribution is 7.99. The second-order valence-electron chi connectivity index (χ2n) is 7.48. The first-order valence-electron chi connectivity index (χ1n) is 10.4. The number of nitrogens with zero attached hydrogens (tertiary/aromatic N) is 3. The van der Waals surface area contributed by atoms with Crippen molar-refractivity contribution in [2.45, 2.75) is 52.2 Å². The molecule has 1 aromatic heterocycles. The molecule has 3 rings (SSSR count). The van der Waals surface area contributed by atoms with Gasteiger partial charge in [0.1, 0.15) is 11.8 Å². The van der Waals surface area contributed by atoms with E-state index in [0.717, 1.165) is 29.2 Å². The van der Waals surface area contributed by atoms with Gasteiger partial charge in [0.15, 0.2) is 0 Å². The maximum atomic E-state index is 12.8. The minimum atomic E-state index is -0.413. The lowest BCUT2D eigenvalue weighted by Gasteiger charge is -2.28. The van der Waals surface area contributed by atoms with Gasteiger partial charge in [-0.2, -0.15) is 4.98 Å². The Morgan fingerprint density at radius 1 is 1.27 bits per heavy atom. The van der Waals surface area contributed by atoms with Gasteiger partial charge >= 0.3 is 5.97 Å². The van der Waals surface area contributed by atoms with Crippen molar-refractivity contribution >= 4 is 23.7 Å². The minimum absolute atomic E-state index is 0.312. The number of carbonyl (C=O) groups is 1. The number of thioether (sulfide) groups is 1. The van der Waals surface area contributed by atoms with Crippen molar-refractivity contribution < 1.29 is 14.3 Å². The van der Waals surface area contributed by atoms with E-state index in [4.69, 9.17) is 9.47 Å². The zero-order valence-corrected chi connectivity index (χ0v) is 19.1. The van der Waals surface area contributed by atoms with Crippen LogP contribution in [0.1, 0.15) is 52.6 Å². The van der Waals surface area contributed by atoms with E-state index in [1.165, 1.54) is 0 Å². The van der Waals surface area contributed by atoms with Crippen LogP contribution in [0.15, 0.2) is 40.7 Å². The third-order valence-corrected chi connectivity index (χ3v) is 5.48. The molecule has 0 saturated heterocycles. The number of hydrogen-bond donors (Lipinski definition) is 1. The minimum Gasteiger partial charge on any atom is -0.494 e. The molecule has 1 aliphatic rings. The summed E-state index contributed by atoms with van der Waals surface area (Å²) in [5.41, 5.74) is 2.19. The molecule has 30 heavy (non-hydrogen) atoms. The van der Waals surface area contributed by atoms with Crippen LogP contribution in [-0.4, -0.2) is 39.7 Å².